The molecule has 0 heterocycles. The third-order valence-corrected chi connectivity index (χ3v) is 2.74. The zero-order chi connectivity index (χ0) is 12.8. The summed E-state index contributed by atoms with van der Waals surface area (Å²) in [5.74, 6) is -0.628. The maximum atomic E-state index is 13.1. The van der Waals surface area contributed by atoms with Gasteiger partial charge in [0.1, 0.15) is 5.82 Å². The van der Waals surface area contributed by atoms with Gasteiger partial charge < -0.3 is 10.6 Å². The van der Waals surface area contributed by atoms with Crippen LogP contribution in [0.3, 0.4) is 0 Å². The van der Waals surface area contributed by atoms with Crippen molar-refractivity contribution in [1.29, 1.82) is 0 Å². The largest absolute Gasteiger partial charge is 0.352 e. The summed E-state index contributed by atoms with van der Waals surface area (Å²) in [6.07, 6.45) is 0. The Hall–Kier alpha value is -1.13. The number of nitrogens with one attached hydrogen (secondary N) is 2. The van der Waals surface area contributed by atoms with Gasteiger partial charge in [0.25, 0.3) is 5.91 Å². The summed E-state index contributed by atoms with van der Waals surface area (Å²) in [7, 11) is 1.85. The van der Waals surface area contributed by atoms with Crippen molar-refractivity contribution < 1.29 is 9.18 Å². The number of rotatable bonds is 5. The fourth-order valence-corrected chi connectivity index (χ4v) is 1.67. The van der Waals surface area contributed by atoms with E-state index in [0.717, 1.165) is 6.54 Å². The molecule has 1 unspecified atom stereocenters. The molecule has 0 bridgehead atoms. The number of amides is 1. The summed E-state index contributed by atoms with van der Waals surface area (Å²) in [6, 6.07) is 4.19. The lowest BCUT2D eigenvalue weighted by Crippen LogP contribution is -2.32. The second-order valence-corrected chi connectivity index (χ2v) is 4.35. The summed E-state index contributed by atoms with van der Waals surface area (Å²) in [5, 5.41) is 5.60. The SMILES string of the molecule is CNCC(C)CNC(=O)c1cccc(F)c1Cl. The molecular weight excluding hydrogens is 243 g/mol. The zero-order valence-corrected chi connectivity index (χ0v) is 10.6. The van der Waals surface area contributed by atoms with Crippen molar-refractivity contribution in [2.75, 3.05) is 20.1 Å². The first-order valence-corrected chi connectivity index (χ1v) is 5.81. The lowest BCUT2D eigenvalue weighted by Gasteiger charge is -2.12. The molecule has 0 saturated heterocycles. The Bertz CT molecular complexity index is 398. The molecule has 0 fully saturated rings. The second kappa shape index (κ2) is 6.57. The summed E-state index contributed by atoms with van der Waals surface area (Å²) in [5.41, 5.74) is 0.170. The second-order valence-electron chi connectivity index (χ2n) is 3.97. The fourth-order valence-electron chi connectivity index (χ4n) is 1.46. The molecule has 1 aromatic rings. The number of carbonyl (C=O) groups excluding carboxylic acids is 1. The molecule has 2 N–H and O–H groups in total. The van der Waals surface area contributed by atoms with E-state index in [4.69, 9.17) is 11.6 Å². The van der Waals surface area contributed by atoms with Gasteiger partial charge in [-0.15, -0.1) is 0 Å². The van der Waals surface area contributed by atoms with E-state index in [1.165, 1.54) is 18.2 Å². The average molecular weight is 259 g/mol. The molecule has 0 radical (unpaired) electrons. The minimum Gasteiger partial charge on any atom is -0.352 e. The van der Waals surface area contributed by atoms with E-state index in [0.29, 0.717) is 12.5 Å². The highest BCUT2D eigenvalue weighted by molar-refractivity contribution is 6.34. The number of hydrogen-bond donors (Lipinski definition) is 2. The first-order chi connectivity index (χ1) is 8.06. The Morgan fingerprint density at radius 3 is 2.82 bits per heavy atom. The molecule has 0 aliphatic heterocycles. The lowest BCUT2D eigenvalue weighted by atomic mass is 10.1. The molecular formula is C12H16ClFN2O. The molecule has 1 amide bonds. The van der Waals surface area contributed by atoms with Crippen LogP contribution in [0.2, 0.25) is 5.02 Å². The van der Waals surface area contributed by atoms with Crippen LogP contribution in [0.1, 0.15) is 17.3 Å². The molecule has 94 valence electrons. The van der Waals surface area contributed by atoms with Crippen molar-refractivity contribution in [1.82, 2.24) is 10.6 Å². The molecule has 1 rings (SSSR count). The minimum atomic E-state index is -0.581. The van der Waals surface area contributed by atoms with E-state index in [-0.39, 0.29) is 16.5 Å². The molecule has 0 spiro atoms. The molecule has 0 aromatic heterocycles. The van der Waals surface area contributed by atoms with E-state index in [1.807, 2.05) is 14.0 Å². The van der Waals surface area contributed by atoms with E-state index in [2.05, 4.69) is 10.6 Å². The van der Waals surface area contributed by atoms with E-state index < -0.39 is 5.82 Å². The van der Waals surface area contributed by atoms with Crippen LogP contribution in [-0.4, -0.2) is 26.0 Å². The molecule has 0 aliphatic rings. The Balaban J connectivity index is 2.61. The Morgan fingerprint density at radius 2 is 2.18 bits per heavy atom. The summed E-state index contributed by atoms with van der Waals surface area (Å²) < 4.78 is 13.1. The Kier molecular flexibility index (Phi) is 5.38. The molecule has 1 aromatic carbocycles. The molecule has 0 aliphatic carbocycles. The van der Waals surface area contributed by atoms with Gasteiger partial charge in [0.2, 0.25) is 0 Å². The molecule has 5 heteroatoms. The van der Waals surface area contributed by atoms with Gasteiger partial charge in [-0.1, -0.05) is 24.6 Å². The van der Waals surface area contributed by atoms with Crippen LogP contribution < -0.4 is 10.6 Å². The smallest absolute Gasteiger partial charge is 0.252 e. The fraction of sp³-hybridized carbons (Fsp3) is 0.417. The summed E-state index contributed by atoms with van der Waals surface area (Å²) in [6.45, 7) is 3.33. The third kappa shape index (κ3) is 3.98. The number of hydrogen-bond acceptors (Lipinski definition) is 2. The third-order valence-electron chi connectivity index (χ3n) is 2.36. The average Bonchev–Trinajstić information content (AvgIpc) is 2.30. The predicted octanol–water partition coefficient (Wildman–Crippen LogP) is 2.06. The Morgan fingerprint density at radius 1 is 1.47 bits per heavy atom. The van der Waals surface area contributed by atoms with Gasteiger partial charge in [0.05, 0.1) is 10.6 Å². The maximum Gasteiger partial charge on any atom is 0.252 e. The van der Waals surface area contributed by atoms with Gasteiger partial charge in [-0.25, -0.2) is 4.39 Å². The quantitative estimate of drug-likeness (QED) is 0.849. The number of carbonyl (C=O) groups is 1. The maximum absolute atomic E-state index is 13.1. The highest BCUT2D eigenvalue weighted by Crippen LogP contribution is 2.19. The minimum absolute atomic E-state index is 0.133. The van der Waals surface area contributed by atoms with Crippen LogP contribution in [0.25, 0.3) is 0 Å². The van der Waals surface area contributed by atoms with Gasteiger partial charge in [-0.2, -0.15) is 0 Å². The standard InChI is InChI=1S/C12H16ClFN2O/c1-8(6-15-2)7-16-12(17)9-4-3-5-10(14)11(9)13/h3-5,8,15H,6-7H2,1-2H3,(H,16,17). The van der Waals surface area contributed by atoms with Gasteiger partial charge >= 0.3 is 0 Å². The van der Waals surface area contributed by atoms with Gasteiger partial charge in [0, 0.05) is 6.54 Å². The Labute approximate surface area is 105 Å². The normalized spacial score (nSPS) is 12.2. The predicted molar refractivity (Wildman–Crippen MR) is 66.8 cm³/mol. The van der Waals surface area contributed by atoms with Crippen LogP contribution in [0.15, 0.2) is 18.2 Å². The first kappa shape index (κ1) is 13.9. The monoisotopic (exact) mass is 258 g/mol. The van der Waals surface area contributed by atoms with Crippen LogP contribution >= 0.6 is 11.6 Å². The number of benzene rings is 1. The molecule has 0 saturated carbocycles. The van der Waals surface area contributed by atoms with Crippen LogP contribution in [0.5, 0.6) is 0 Å². The van der Waals surface area contributed by atoms with Crippen LogP contribution in [0.4, 0.5) is 4.39 Å². The van der Waals surface area contributed by atoms with Crippen LogP contribution in [0, 0.1) is 11.7 Å². The summed E-state index contributed by atoms with van der Waals surface area (Å²) in [4.78, 5) is 11.7. The van der Waals surface area contributed by atoms with Gasteiger partial charge in [-0.05, 0) is 31.6 Å². The van der Waals surface area contributed by atoms with E-state index in [9.17, 15) is 9.18 Å². The molecule has 1 atom stereocenters. The zero-order valence-electron chi connectivity index (χ0n) is 9.89. The lowest BCUT2D eigenvalue weighted by molar-refractivity contribution is 0.0948. The van der Waals surface area contributed by atoms with Crippen molar-refractivity contribution in [3.63, 3.8) is 0 Å². The molecule has 3 nitrogen and oxygen atoms in total. The number of halogens is 2. The van der Waals surface area contributed by atoms with Crippen molar-refractivity contribution in [3.8, 4) is 0 Å². The molecule has 17 heavy (non-hydrogen) atoms. The van der Waals surface area contributed by atoms with Gasteiger partial charge in [0.15, 0.2) is 0 Å². The van der Waals surface area contributed by atoms with E-state index >= 15 is 0 Å². The van der Waals surface area contributed by atoms with Crippen molar-refractivity contribution in [2.45, 2.75) is 6.92 Å². The van der Waals surface area contributed by atoms with E-state index in [1.54, 1.807) is 0 Å². The van der Waals surface area contributed by atoms with Crippen molar-refractivity contribution >= 4 is 17.5 Å². The topological polar surface area (TPSA) is 41.1 Å². The van der Waals surface area contributed by atoms with Crippen molar-refractivity contribution in [2.24, 2.45) is 5.92 Å². The van der Waals surface area contributed by atoms with Gasteiger partial charge in [-0.3, -0.25) is 4.79 Å². The highest BCUT2D eigenvalue weighted by Gasteiger charge is 2.13. The van der Waals surface area contributed by atoms with Crippen molar-refractivity contribution in [3.05, 3.63) is 34.6 Å². The first-order valence-electron chi connectivity index (χ1n) is 5.43. The summed E-state index contributed by atoms with van der Waals surface area (Å²) >= 11 is 5.72. The highest BCUT2D eigenvalue weighted by atomic mass is 35.5. The van der Waals surface area contributed by atoms with Crippen LogP contribution in [-0.2, 0) is 0 Å².